The Morgan fingerprint density at radius 3 is 2.60 bits per heavy atom. The highest BCUT2D eigenvalue weighted by Gasteiger charge is 2.32. The molecule has 0 saturated carbocycles. The predicted octanol–water partition coefficient (Wildman–Crippen LogP) is 2.03. The molecule has 1 aliphatic heterocycles. The first-order valence-electron chi connectivity index (χ1n) is 6.45. The third-order valence-corrected chi connectivity index (χ3v) is 5.43. The Balaban J connectivity index is 2.04. The SMILES string of the molecule is CCN(C(=S)Nc1ccc(F)cc1)[C@H]1CCS(=O)(=O)C1. The average molecular weight is 316 g/mol. The zero-order chi connectivity index (χ0) is 14.8. The van der Waals surface area contributed by atoms with Crippen LogP contribution in [0.2, 0.25) is 0 Å². The van der Waals surface area contributed by atoms with Crippen molar-refractivity contribution in [2.75, 3.05) is 23.4 Å². The van der Waals surface area contributed by atoms with E-state index in [1.165, 1.54) is 12.1 Å². The summed E-state index contributed by atoms with van der Waals surface area (Å²) in [6.07, 6.45) is 0.599. The van der Waals surface area contributed by atoms with E-state index in [2.05, 4.69) is 5.32 Å². The van der Waals surface area contributed by atoms with Gasteiger partial charge in [-0.05, 0) is 49.8 Å². The Labute approximate surface area is 123 Å². The molecule has 1 saturated heterocycles. The molecule has 1 aliphatic rings. The highest BCUT2D eigenvalue weighted by Crippen LogP contribution is 2.19. The quantitative estimate of drug-likeness (QED) is 0.865. The van der Waals surface area contributed by atoms with Gasteiger partial charge in [-0.3, -0.25) is 0 Å². The molecule has 1 aromatic rings. The minimum Gasteiger partial charge on any atom is -0.345 e. The van der Waals surface area contributed by atoms with Crippen LogP contribution in [0.5, 0.6) is 0 Å². The van der Waals surface area contributed by atoms with Crippen molar-refractivity contribution in [3.05, 3.63) is 30.1 Å². The third-order valence-electron chi connectivity index (χ3n) is 3.35. The van der Waals surface area contributed by atoms with Gasteiger partial charge in [0, 0.05) is 18.3 Å². The van der Waals surface area contributed by atoms with Crippen molar-refractivity contribution in [3.8, 4) is 0 Å². The van der Waals surface area contributed by atoms with Crippen LogP contribution in [0.15, 0.2) is 24.3 Å². The smallest absolute Gasteiger partial charge is 0.173 e. The van der Waals surface area contributed by atoms with Crippen LogP contribution in [0.3, 0.4) is 0 Å². The van der Waals surface area contributed by atoms with Crippen molar-refractivity contribution >= 4 is 32.9 Å². The fraction of sp³-hybridized carbons (Fsp3) is 0.462. The maximum atomic E-state index is 12.8. The summed E-state index contributed by atoms with van der Waals surface area (Å²) in [5, 5.41) is 3.49. The Morgan fingerprint density at radius 1 is 1.45 bits per heavy atom. The van der Waals surface area contributed by atoms with E-state index < -0.39 is 9.84 Å². The van der Waals surface area contributed by atoms with Gasteiger partial charge in [-0.25, -0.2) is 12.8 Å². The summed E-state index contributed by atoms with van der Waals surface area (Å²) in [4.78, 5) is 1.88. The summed E-state index contributed by atoms with van der Waals surface area (Å²) in [6, 6.07) is 5.81. The van der Waals surface area contributed by atoms with E-state index in [-0.39, 0.29) is 23.4 Å². The summed E-state index contributed by atoms with van der Waals surface area (Å²) in [6.45, 7) is 2.57. The molecule has 0 unspecified atom stereocenters. The van der Waals surface area contributed by atoms with Crippen molar-refractivity contribution in [2.24, 2.45) is 0 Å². The maximum absolute atomic E-state index is 12.8. The molecule has 1 heterocycles. The highest BCUT2D eigenvalue weighted by atomic mass is 32.2. The fourth-order valence-electron chi connectivity index (χ4n) is 2.32. The minimum absolute atomic E-state index is 0.0783. The number of sulfone groups is 1. The molecule has 0 aromatic heterocycles. The number of thiocarbonyl (C=S) groups is 1. The molecular weight excluding hydrogens is 299 g/mol. The number of benzene rings is 1. The number of halogens is 1. The molecule has 4 nitrogen and oxygen atoms in total. The van der Waals surface area contributed by atoms with Gasteiger partial charge in [-0.2, -0.15) is 0 Å². The fourth-order valence-corrected chi connectivity index (χ4v) is 4.44. The number of rotatable bonds is 3. The molecule has 0 spiro atoms. The topological polar surface area (TPSA) is 49.4 Å². The normalized spacial score (nSPS) is 20.6. The van der Waals surface area contributed by atoms with Gasteiger partial charge >= 0.3 is 0 Å². The predicted molar refractivity (Wildman–Crippen MR) is 82.1 cm³/mol. The molecular formula is C13H17FN2O2S2. The van der Waals surface area contributed by atoms with Crippen molar-refractivity contribution in [3.63, 3.8) is 0 Å². The van der Waals surface area contributed by atoms with E-state index in [1.807, 2.05) is 11.8 Å². The number of anilines is 1. The Hall–Kier alpha value is -1.21. The van der Waals surface area contributed by atoms with E-state index in [4.69, 9.17) is 12.2 Å². The Bertz CT molecular complexity index is 587. The van der Waals surface area contributed by atoms with Crippen molar-refractivity contribution in [1.29, 1.82) is 0 Å². The maximum Gasteiger partial charge on any atom is 0.173 e. The van der Waals surface area contributed by atoms with Crippen LogP contribution >= 0.6 is 12.2 Å². The van der Waals surface area contributed by atoms with Crippen LogP contribution in [0.1, 0.15) is 13.3 Å². The lowest BCUT2D eigenvalue weighted by Gasteiger charge is -2.29. The number of hydrogen-bond donors (Lipinski definition) is 1. The van der Waals surface area contributed by atoms with E-state index >= 15 is 0 Å². The molecule has 0 amide bonds. The number of nitrogens with zero attached hydrogens (tertiary/aromatic N) is 1. The monoisotopic (exact) mass is 316 g/mol. The van der Waals surface area contributed by atoms with Crippen molar-refractivity contribution in [2.45, 2.75) is 19.4 Å². The second-order valence-electron chi connectivity index (χ2n) is 4.78. The lowest BCUT2D eigenvalue weighted by Crippen LogP contribution is -2.43. The molecule has 1 aromatic carbocycles. The first kappa shape index (κ1) is 15.2. The molecule has 1 N–H and O–H groups in total. The lowest BCUT2D eigenvalue weighted by molar-refractivity contribution is 0.355. The summed E-state index contributed by atoms with van der Waals surface area (Å²) in [5.74, 6) is 0.0510. The molecule has 0 bridgehead atoms. The largest absolute Gasteiger partial charge is 0.345 e. The summed E-state index contributed by atoms with van der Waals surface area (Å²) in [7, 11) is -2.94. The van der Waals surface area contributed by atoms with Gasteiger partial charge < -0.3 is 10.2 Å². The zero-order valence-corrected chi connectivity index (χ0v) is 12.8. The van der Waals surface area contributed by atoms with Gasteiger partial charge in [0.1, 0.15) is 5.82 Å². The van der Waals surface area contributed by atoms with Crippen molar-refractivity contribution in [1.82, 2.24) is 4.90 Å². The number of hydrogen-bond acceptors (Lipinski definition) is 3. The van der Waals surface area contributed by atoms with Gasteiger partial charge in [0.05, 0.1) is 11.5 Å². The summed E-state index contributed by atoms with van der Waals surface area (Å²) in [5.41, 5.74) is 0.690. The second kappa shape index (κ2) is 6.05. The van der Waals surface area contributed by atoms with E-state index in [0.29, 0.717) is 23.8 Å². The Kier molecular flexibility index (Phi) is 4.59. The second-order valence-corrected chi connectivity index (χ2v) is 7.40. The van der Waals surface area contributed by atoms with Gasteiger partial charge in [0.2, 0.25) is 0 Å². The summed E-state index contributed by atoms with van der Waals surface area (Å²) >= 11 is 5.33. The molecule has 2 rings (SSSR count). The first-order chi connectivity index (χ1) is 9.41. The third kappa shape index (κ3) is 3.67. The Morgan fingerprint density at radius 2 is 2.10 bits per heavy atom. The van der Waals surface area contributed by atoms with E-state index in [0.717, 1.165) is 0 Å². The molecule has 1 atom stereocenters. The van der Waals surface area contributed by atoms with Crippen LogP contribution in [0.25, 0.3) is 0 Å². The number of nitrogens with one attached hydrogen (secondary N) is 1. The van der Waals surface area contributed by atoms with Crippen LogP contribution in [-0.4, -0.2) is 42.5 Å². The van der Waals surface area contributed by atoms with Gasteiger partial charge in [-0.15, -0.1) is 0 Å². The lowest BCUT2D eigenvalue weighted by atomic mass is 10.2. The standard InChI is InChI=1S/C13H17FN2O2S2/c1-2-16(12-7-8-20(17,18)9-12)13(19)15-11-5-3-10(14)4-6-11/h3-6,12H,2,7-9H2,1H3,(H,15,19)/t12-/m0/s1. The van der Waals surface area contributed by atoms with Crippen LogP contribution in [-0.2, 0) is 9.84 Å². The van der Waals surface area contributed by atoms with E-state index in [9.17, 15) is 12.8 Å². The van der Waals surface area contributed by atoms with Gasteiger partial charge in [0.25, 0.3) is 0 Å². The van der Waals surface area contributed by atoms with Crippen LogP contribution in [0.4, 0.5) is 10.1 Å². The minimum atomic E-state index is -2.94. The van der Waals surface area contributed by atoms with Crippen LogP contribution < -0.4 is 5.32 Å². The zero-order valence-electron chi connectivity index (χ0n) is 11.2. The average Bonchev–Trinajstić information content (AvgIpc) is 2.73. The van der Waals surface area contributed by atoms with Gasteiger partial charge in [0.15, 0.2) is 14.9 Å². The molecule has 20 heavy (non-hydrogen) atoms. The highest BCUT2D eigenvalue weighted by molar-refractivity contribution is 7.91. The van der Waals surface area contributed by atoms with Crippen molar-refractivity contribution < 1.29 is 12.8 Å². The molecule has 0 radical (unpaired) electrons. The molecule has 110 valence electrons. The molecule has 7 heteroatoms. The van der Waals surface area contributed by atoms with Crippen LogP contribution in [0, 0.1) is 5.82 Å². The first-order valence-corrected chi connectivity index (χ1v) is 8.68. The molecule has 1 fully saturated rings. The summed E-state index contributed by atoms with van der Waals surface area (Å²) < 4.78 is 35.9. The van der Waals surface area contributed by atoms with Gasteiger partial charge in [-0.1, -0.05) is 0 Å². The molecule has 0 aliphatic carbocycles. The van der Waals surface area contributed by atoms with E-state index in [1.54, 1.807) is 12.1 Å².